The van der Waals surface area contributed by atoms with E-state index in [1.54, 1.807) is 55.7 Å². The van der Waals surface area contributed by atoms with E-state index in [4.69, 9.17) is 9.15 Å². The zero-order valence-corrected chi connectivity index (χ0v) is 22.5. The number of benzene rings is 1. The van der Waals surface area contributed by atoms with Crippen LogP contribution >= 0.6 is 0 Å². The Morgan fingerprint density at radius 1 is 1.17 bits per heavy atom. The number of aromatic nitrogens is 2. The first-order valence-electron chi connectivity index (χ1n) is 13.1. The van der Waals surface area contributed by atoms with E-state index in [-0.39, 0.29) is 31.6 Å². The molecule has 2 saturated heterocycles. The van der Waals surface area contributed by atoms with Gasteiger partial charge in [0.25, 0.3) is 11.8 Å². The summed E-state index contributed by atoms with van der Waals surface area (Å²) in [5.74, 6) is 0.533. The Balaban J connectivity index is 1.20. The van der Waals surface area contributed by atoms with Crippen molar-refractivity contribution in [1.82, 2.24) is 24.7 Å². The molecule has 1 N–H and O–H groups in total. The maximum absolute atomic E-state index is 13.7. The summed E-state index contributed by atoms with van der Waals surface area (Å²) >= 11 is 0. The SMILES string of the molecule is Cc1oc2cc(Oc3ccnn4cc(C(=O)N5C[C@H](F)[C@H]5C)c(C)c34)ccc2c1C(=O)NC1CN(CC(F)(F)F)C1. The summed E-state index contributed by atoms with van der Waals surface area (Å²) in [7, 11) is 0. The minimum absolute atomic E-state index is 0.0577. The van der Waals surface area contributed by atoms with Crippen molar-refractivity contribution in [1.29, 1.82) is 0 Å². The predicted molar refractivity (Wildman–Crippen MR) is 140 cm³/mol. The van der Waals surface area contributed by atoms with Crippen LogP contribution < -0.4 is 10.1 Å². The van der Waals surface area contributed by atoms with E-state index < -0.39 is 30.8 Å². The highest BCUT2D eigenvalue weighted by atomic mass is 19.4. The number of rotatable bonds is 6. The molecule has 2 aliphatic rings. The van der Waals surface area contributed by atoms with Crippen LogP contribution in [0.5, 0.6) is 11.5 Å². The van der Waals surface area contributed by atoms with Crippen molar-refractivity contribution in [3.05, 3.63) is 59.1 Å². The Bertz CT molecular complexity index is 1670. The Kier molecular flexibility index (Phi) is 6.44. The normalized spacial score (nSPS) is 19.8. The van der Waals surface area contributed by atoms with Crippen molar-refractivity contribution >= 4 is 28.3 Å². The first-order chi connectivity index (χ1) is 19.4. The molecule has 4 aromatic rings. The molecular formula is C28H27F4N5O4. The average molecular weight is 574 g/mol. The number of carbonyl (C=O) groups is 2. The molecule has 41 heavy (non-hydrogen) atoms. The number of ether oxygens (including phenoxy) is 1. The number of amides is 2. The molecule has 13 heteroatoms. The number of aryl methyl sites for hydroxylation is 2. The largest absolute Gasteiger partial charge is 0.460 e. The standard InChI is InChI=1S/C28H27F4N5O4/c1-14-20(27(39)36-12-21(29)15(36)2)11-37-25(14)22(6-7-33-37)41-18-4-5-19-23(8-18)40-16(3)24(19)26(38)34-17-9-35(10-17)13-28(30,31)32/h4-8,11,15,17,21H,9-10,12-13H2,1-3H3,(H,34,38)/t15-,21+/m1/s1. The van der Waals surface area contributed by atoms with Crippen molar-refractivity contribution in [2.45, 2.75) is 45.2 Å². The Hall–Kier alpha value is -4.13. The van der Waals surface area contributed by atoms with Gasteiger partial charge in [-0.05, 0) is 38.5 Å². The second-order valence-corrected chi connectivity index (χ2v) is 10.6. The van der Waals surface area contributed by atoms with Crippen molar-refractivity contribution in [3.8, 4) is 11.5 Å². The summed E-state index contributed by atoms with van der Waals surface area (Å²) in [6.07, 6.45) is -2.17. The summed E-state index contributed by atoms with van der Waals surface area (Å²) in [6, 6.07) is 5.80. The van der Waals surface area contributed by atoms with E-state index >= 15 is 0 Å². The summed E-state index contributed by atoms with van der Waals surface area (Å²) in [5, 5.41) is 7.62. The number of hydrogen-bond acceptors (Lipinski definition) is 6. The van der Waals surface area contributed by atoms with E-state index in [9.17, 15) is 27.2 Å². The second kappa shape index (κ2) is 9.75. The molecule has 2 fully saturated rings. The van der Waals surface area contributed by atoms with Gasteiger partial charge in [0.05, 0.1) is 42.5 Å². The van der Waals surface area contributed by atoms with Crippen LogP contribution in [0.3, 0.4) is 0 Å². The highest BCUT2D eigenvalue weighted by Gasteiger charge is 2.40. The maximum Gasteiger partial charge on any atom is 0.401 e. The Labute approximate surface area is 231 Å². The lowest BCUT2D eigenvalue weighted by Gasteiger charge is -2.41. The average Bonchev–Trinajstić information content (AvgIpc) is 3.40. The van der Waals surface area contributed by atoms with Crippen LogP contribution in [0.4, 0.5) is 17.6 Å². The third-order valence-corrected chi connectivity index (χ3v) is 7.76. The molecule has 0 unspecified atom stereocenters. The third-order valence-electron chi connectivity index (χ3n) is 7.76. The predicted octanol–water partition coefficient (Wildman–Crippen LogP) is 4.65. The van der Waals surface area contributed by atoms with Crippen LogP contribution in [0.25, 0.3) is 16.5 Å². The highest BCUT2D eigenvalue weighted by molar-refractivity contribution is 6.07. The number of furan rings is 1. The van der Waals surface area contributed by atoms with Gasteiger partial charge in [0, 0.05) is 36.8 Å². The van der Waals surface area contributed by atoms with Gasteiger partial charge in [0.2, 0.25) is 0 Å². The Morgan fingerprint density at radius 3 is 2.61 bits per heavy atom. The number of fused-ring (bicyclic) bond motifs is 2. The zero-order valence-electron chi connectivity index (χ0n) is 22.5. The maximum atomic E-state index is 13.7. The topological polar surface area (TPSA) is 92.3 Å². The molecule has 2 atom stereocenters. The van der Waals surface area contributed by atoms with E-state index in [1.165, 1.54) is 16.0 Å². The number of halogens is 4. The number of likely N-dealkylation sites (tertiary alicyclic amines) is 2. The molecule has 6 rings (SSSR count). The summed E-state index contributed by atoms with van der Waals surface area (Å²) in [6.45, 7) is 4.40. The lowest BCUT2D eigenvalue weighted by molar-refractivity contribution is -0.155. The molecule has 0 radical (unpaired) electrons. The van der Waals surface area contributed by atoms with Crippen molar-refractivity contribution in [2.24, 2.45) is 0 Å². The van der Waals surface area contributed by atoms with Gasteiger partial charge in [-0.3, -0.25) is 14.5 Å². The van der Waals surface area contributed by atoms with Crippen LogP contribution in [-0.2, 0) is 0 Å². The molecule has 9 nitrogen and oxygen atoms in total. The van der Waals surface area contributed by atoms with E-state index in [0.717, 1.165) is 0 Å². The monoisotopic (exact) mass is 573 g/mol. The molecular weight excluding hydrogens is 546 g/mol. The first kappa shape index (κ1) is 27.1. The molecule has 2 aliphatic heterocycles. The fraction of sp³-hybridized carbons (Fsp3) is 0.393. The molecule has 5 heterocycles. The number of nitrogens with one attached hydrogen (secondary N) is 1. The van der Waals surface area contributed by atoms with Crippen molar-refractivity contribution in [2.75, 3.05) is 26.2 Å². The molecule has 0 bridgehead atoms. The molecule has 3 aromatic heterocycles. The lowest BCUT2D eigenvalue weighted by Crippen LogP contribution is -2.60. The first-order valence-corrected chi connectivity index (χ1v) is 13.1. The zero-order chi connectivity index (χ0) is 29.2. The van der Waals surface area contributed by atoms with Crippen LogP contribution in [0, 0.1) is 13.8 Å². The fourth-order valence-corrected chi connectivity index (χ4v) is 5.48. The van der Waals surface area contributed by atoms with Gasteiger partial charge < -0.3 is 19.4 Å². The van der Waals surface area contributed by atoms with Gasteiger partial charge in [-0.2, -0.15) is 18.3 Å². The van der Waals surface area contributed by atoms with E-state index in [2.05, 4.69) is 10.4 Å². The van der Waals surface area contributed by atoms with Crippen molar-refractivity contribution in [3.63, 3.8) is 0 Å². The van der Waals surface area contributed by atoms with Gasteiger partial charge in [-0.25, -0.2) is 8.91 Å². The van der Waals surface area contributed by atoms with Crippen LogP contribution in [-0.4, -0.2) is 81.8 Å². The lowest BCUT2D eigenvalue weighted by atomic mass is 10.0. The molecule has 0 saturated carbocycles. The molecule has 0 aliphatic carbocycles. The Morgan fingerprint density at radius 2 is 1.93 bits per heavy atom. The number of carbonyl (C=O) groups excluding carboxylic acids is 2. The van der Waals surface area contributed by atoms with Gasteiger partial charge >= 0.3 is 6.18 Å². The van der Waals surface area contributed by atoms with Crippen LogP contribution in [0.1, 0.15) is 39.0 Å². The van der Waals surface area contributed by atoms with Gasteiger partial charge in [-0.1, -0.05) is 0 Å². The quantitative estimate of drug-likeness (QED) is 0.338. The smallest absolute Gasteiger partial charge is 0.401 e. The highest BCUT2D eigenvalue weighted by Crippen LogP contribution is 2.35. The molecule has 216 valence electrons. The van der Waals surface area contributed by atoms with E-state index in [1.807, 2.05) is 0 Å². The van der Waals surface area contributed by atoms with Crippen molar-refractivity contribution < 1.29 is 36.3 Å². The summed E-state index contributed by atoms with van der Waals surface area (Å²) < 4.78 is 64.9. The summed E-state index contributed by atoms with van der Waals surface area (Å²) in [4.78, 5) is 28.7. The van der Waals surface area contributed by atoms with Gasteiger partial charge in [-0.15, -0.1) is 0 Å². The fourth-order valence-electron chi connectivity index (χ4n) is 5.48. The number of hydrogen-bond donors (Lipinski definition) is 1. The van der Waals surface area contributed by atoms with Gasteiger partial charge in [0.15, 0.2) is 5.75 Å². The van der Waals surface area contributed by atoms with E-state index in [0.29, 0.717) is 50.4 Å². The van der Waals surface area contributed by atoms with Gasteiger partial charge in [0.1, 0.15) is 28.8 Å². The van der Waals surface area contributed by atoms with Crippen LogP contribution in [0.2, 0.25) is 0 Å². The molecule has 2 amide bonds. The van der Waals surface area contributed by atoms with Crippen LogP contribution in [0.15, 0.2) is 41.1 Å². The minimum atomic E-state index is -4.28. The number of nitrogens with zero attached hydrogens (tertiary/aromatic N) is 4. The minimum Gasteiger partial charge on any atom is -0.460 e. The molecule has 1 aromatic carbocycles. The second-order valence-electron chi connectivity index (χ2n) is 10.6. The number of alkyl halides is 4. The molecule has 0 spiro atoms. The third kappa shape index (κ3) is 4.88. The summed E-state index contributed by atoms with van der Waals surface area (Å²) in [5.41, 5.74) is 2.35.